The second-order valence-corrected chi connectivity index (χ2v) is 8.30. The molecule has 0 amide bonds. The van der Waals surface area contributed by atoms with Gasteiger partial charge in [-0.2, -0.15) is 0 Å². The van der Waals surface area contributed by atoms with Crippen LogP contribution in [0.1, 0.15) is 5.56 Å². The summed E-state index contributed by atoms with van der Waals surface area (Å²) in [6.07, 6.45) is 3.25. The molecule has 1 aliphatic rings. The van der Waals surface area contributed by atoms with Gasteiger partial charge in [0.05, 0.1) is 18.3 Å². The molecule has 9 heteroatoms. The molecule has 0 fully saturated rings. The molecular formula is C16H17N6O2P. The third-order valence-corrected chi connectivity index (χ3v) is 5.82. The summed E-state index contributed by atoms with van der Waals surface area (Å²) in [7, 11) is -1.55. The van der Waals surface area contributed by atoms with E-state index in [1.165, 1.54) is 20.0 Å². The molecule has 0 bridgehead atoms. The maximum Gasteiger partial charge on any atom is 0.248 e. The fraction of sp³-hybridized carbons (Fsp3) is 0.188. The van der Waals surface area contributed by atoms with Crippen LogP contribution < -0.4 is 21.4 Å². The van der Waals surface area contributed by atoms with Gasteiger partial charge < -0.3 is 4.52 Å². The lowest BCUT2D eigenvalue weighted by atomic mass is 10.1. The van der Waals surface area contributed by atoms with Crippen molar-refractivity contribution in [1.82, 2.24) is 20.5 Å². The zero-order valence-electron chi connectivity index (χ0n) is 13.8. The fourth-order valence-corrected chi connectivity index (χ4v) is 3.36. The van der Waals surface area contributed by atoms with Crippen LogP contribution >= 0.6 is 7.37 Å². The Labute approximate surface area is 144 Å². The lowest BCUT2D eigenvalue weighted by molar-refractivity contribution is 0.407. The van der Waals surface area contributed by atoms with Gasteiger partial charge in [-0.1, -0.05) is 12.1 Å². The SMILES string of the molecule is COP(C)(=O)c1cnc2c(n1)N(Cc1ccc3ncccc3c1)NN2. The Balaban J connectivity index is 1.65. The summed E-state index contributed by atoms with van der Waals surface area (Å²) >= 11 is 0. The van der Waals surface area contributed by atoms with E-state index in [-0.39, 0.29) is 0 Å². The number of aromatic nitrogens is 3. The van der Waals surface area contributed by atoms with Gasteiger partial charge in [0.25, 0.3) is 0 Å². The maximum absolute atomic E-state index is 12.4. The Kier molecular flexibility index (Phi) is 3.88. The van der Waals surface area contributed by atoms with Crippen LogP contribution in [0.5, 0.6) is 0 Å². The molecule has 2 aromatic heterocycles. The third kappa shape index (κ3) is 2.95. The van der Waals surface area contributed by atoms with Gasteiger partial charge in [0.15, 0.2) is 11.6 Å². The van der Waals surface area contributed by atoms with E-state index in [0.717, 1.165) is 16.5 Å². The highest BCUT2D eigenvalue weighted by atomic mass is 31.2. The molecule has 0 saturated heterocycles. The first kappa shape index (κ1) is 16.0. The van der Waals surface area contributed by atoms with Crippen molar-refractivity contribution in [2.45, 2.75) is 6.54 Å². The van der Waals surface area contributed by atoms with Gasteiger partial charge in [-0.05, 0) is 23.8 Å². The van der Waals surface area contributed by atoms with Crippen LogP contribution in [0.3, 0.4) is 0 Å². The number of fused-ring (bicyclic) bond motifs is 2. The van der Waals surface area contributed by atoms with E-state index in [2.05, 4.69) is 32.0 Å². The van der Waals surface area contributed by atoms with E-state index in [9.17, 15) is 4.57 Å². The average Bonchev–Trinajstić information content (AvgIpc) is 3.04. The number of anilines is 2. The average molecular weight is 356 g/mol. The Hall–Kier alpha value is -2.54. The van der Waals surface area contributed by atoms with Gasteiger partial charge in [-0.25, -0.2) is 9.97 Å². The number of nitrogens with one attached hydrogen (secondary N) is 2. The number of pyridine rings is 1. The van der Waals surface area contributed by atoms with Gasteiger partial charge in [0.2, 0.25) is 7.37 Å². The molecule has 8 nitrogen and oxygen atoms in total. The monoisotopic (exact) mass is 356 g/mol. The Morgan fingerprint density at radius 2 is 2.16 bits per heavy atom. The molecule has 0 saturated carbocycles. The summed E-state index contributed by atoms with van der Waals surface area (Å²) in [5.41, 5.74) is 8.37. The highest BCUT2D eigenvalue weighted by Crippen LogP contribution is 2.40. The van der Waals surface area contributed by atoms with Crippen molar-refractivity contribution in [3.8, 4) is 0 Å². The van der Waals surface area contributed by atoms with Crippen LogP contribution in [0.2, 0.25) is 0 Å². The molecule has 128 valence electrons. The molecule has 1 atom stereocenters. The molecular weight excluding hydrogens is 339 g/mol. The van der Waals surface area contributed by atoms with Gasteiger partial charge in [-0.15, -0.1) is 5.53 Å². The minimum absolute atomic E-state index is 0.340. The van der Waals surface area contributed by atoms with Crippen molar-refractivity contribution >= 4 is 35.3 Å². The minimum atomic E-state index is -2.96. The zero-order chi connectivity index (χ0) is 17.4. The molecule has 4 rings (SSSR count). The van der Waals surface area contributed by atoms with E-state index < -0.39 is 7.37 Å². The first-order valence-electron chi connectivity index (χ1n) is 7.70. The standard InChI is InChI=1S/C16H17N6O2P/c1-24-25(2,23)14-9-18-15-16(19-14)22(21-20-15)10-11-5-6-13-12(8-11)4-3-7-17-13/h3-9,21H,10H2,1-2H3,(H,18,20). The molecule has 0 aliphatic carbocycles. The van der Waals surface area contributed by atoms with Crippen LogP contribution in [0.15, 0.2) is 42.7 Å². The zero-order valence-corrected chi connectivity index (χ0v) is 14.7. The summed E-state index contributed by atoms with van der Waals surface area (Å²) in [4.78, 5) is 13.1. The predicted molar refractivity (Wildman–Crippen MR) is 96.9 cm³/mol. The molecule has 25 heavy (non-hydrogen) atoms. The summed E-state index contributed by atoms with van der Waals surface area (Å²) in [5, 5.41) is 2.89. The van der Waals surface area contributed by atoms with Gasteiger partial charge >= 0.3 is 0 Å². The highest BCUT2D eigenvalue weighted by molar-refractivity contribution is 7.65. The first-order valence-corrected chi connectivity index (χ1v) is 9.78. The fourth-order valence-electron chi connectivity index (χ4n) is 2.63. The van der Waals surface area contributed by atoms with Crippen molar-refractivity contribution in [2.24, 2.45) is 0 Å². The summed E-state index contributed by atoms with van der Waals surface area (Å²) < 4.78 is 17.5. The number of rotatable bonds is 4. The van der Waals surface area contributed by atoms with Crippen molar-refractivity contribution in [2.75, 3.05) is 24.2 Å². The summed E-state index contributed by atoms with van der Waals surface area (Å²) in [5.74, 6) is 1.17. The van der Waals surface area contributed by atoms with Crippen molar-refractivity contribution in [1.29, 1.82) is 0 Å². The summed E-state index contributed by atoms with van der Waals surface area (Å²) in [6, 6.07) is 10.0. The minimum Gasteiger partial charge on any atom is -0.328 e. The molecule has 0 radical (unpaired) electrons. The highest BCUT2D eigenvalue weighted by Gasteiger charge is 2.27. The second-order valence-electron chi connectivity index (χ2n) is 5.78. The Bertz CT molecular complexity index is 995. The number of benzene rings is 1. The summed E-state index contributed by atoms with van der Waals surface area (Å²) in [6.45, 7) is 2.09. The number of hydrazine groups is 2. The van der Waals surface area contributed by atoms with E-state index in [4.69, 9.17) is 4.52 Å². The van der Waals surface area contributed by atoms with Crippen LogP contribution in [0, 0.1) is 0 Å². The van der Waals surface area contributed by atoms with Crippen LogP contribution in [0.25, 0.3) is 10.9 Å². The van der Waals surface area contributed by atoms with Gasteiger partial charge in [0.1, 0.15) is 5.44 Å². The van der Waals surface area contributed by atoms with Crippen LogP contribution in [-0.4, -0.2) is 28.7 Å². The van der Waals surface area contributed by atoms with Crippen molar-refractivity contribution in [3.05, 3.63) is 48.3 Å². The normalized spacial score (nSPS) is 15.7. The van der Waals surface area contributed by atoms with Crippen LogP contribution in [-0.2, 0) is 15.6 Å². The van der Waals surface area contributed by atoms with Gasteiger partial charge in [-0.3, -0.25) is 20.0 Å². The molecule has 2 N–H and O–H groups in total. The predicted octanol–water partition coefficient (Wildman–Crippen LogP) is 2.06. The van der Waals surface area contributed by atoms with E-state index in [0.29, 0.717) is 23.6 Å². The lowest BCUT2D eigenvalue weighted by Gasteiger charge is -2.18. The largest absolute Gasteiger partial charge is 0.328 e. The number of hydrogen-bond acceptors (Lipinski definition) is 8. The topological polar surface area (TPSA) is 92.3 Å². The molecule has 1 aromatic carbocycles. The quantitative estimate of drug-likeness (QED) is 0.687. The van der Waals surface area contributed by atoms with E-state index >= 15 is 0 Å². The van der Waals surface area contributed by atoms with E-state index in [1.807, 2.05) is 29.3 Å². The smallest absolute Gasteiger partial charge is 0.248 e. The van der Waals surface area contributed by atoms with E-state index in [1.54, 1.807) is 6.20 Å². The Morgan fingerprint density at radius 3 is 3.00 bits per heavy atom. The Morgan fingerprint density at radius 1 is 1.28 bits per heavy atom. The number of hydrogen-bond donors (Lipinski definition) is 2. The molecule has 3 heterocycles. The third-order valence-electron chi connectivity index (χ3n) is 4.08. The van der Waals surface area contributed by atoms with Crippen molar-refractivity contribution in [3.63, 3.8) is 0 Å². The molecule has 1 aliphatic heterocycles. The maximum atomic E-state index is 12.4. The number of nitrogens with zero attached hydrogens (tertiary/aromatic N) is 4. The molecule has 1 unspecified atom stereocenters. The van der Waals surface area contributed by atoms with Crippen molar-refractivity contribution < 1.29 is 9.09 Å². The molecule has 0 spiro atoms. The lowest BCUT2D eigenvalue weighted by Crippen LogP contribution is -2.36. The first-order chi connectivity index (χ1) is 12.1. The van der Waals surface area contributed by atoms with Crippen LogP contribution in [0.4, 0.5) is 11.6 Å². The van der Waals surface area contributed by atoms with Gasteiger partial charge in [0, 0.05) is 25.4 Å². The molecule has 3 aromatic rings. The second kappa shape index (κ2) is 6.07.